The van der Waals surface area contributed by atoms with Gasteiger partial charge < -0.3 is 4.74 Å². The molecular formula is C23H25N3O3S. The molecule has 0 spiro atoms. The van der Waals surface area contributed by atoms with Gasteiger partial charge in [-0.05, 0) is 57.2 Å². The Bertz CT molecular complexity index is 1140. The molecule has 0 amide bonds. The molecular weight excluding hydrogens is 398 g/mol. The summed E-state index contributed by atoms with van der Waals surface area (Å²) in [6.45, 7) is 3.98. The zero-order valence-electron chi connectivity index (χ0n) is 17.2. The number of para-hydroxylation sites is 1. The van der Waals surface area contributed by atoms with E-state index in [-0.39, 0.29) is 11.5 Å². The lowest BCUT2D eigenvalue weighted by Crippen LogP contribution is -2.17. The van der Waals surface area contributed by atoms with Crippen molar-refractivity contribution >= 4 is 28.5 Å². The SMILES string of the molecule is CCOC(=O)c1c(/N=C/c2c(C)[nH]n(-c3ccccc3)c2=O)sc2c1CCCCC2. The molecule has 7 heteroatoms. The highest BCUT2D eigenvalue weighted by Crippen LogP contribution is 2.39. The third kappa shape index (κ3) is 3.89. The molecule has 0 radical (unpaired) electrons. The van der Waals surface area contributed by atoms with Crippen LogP contribution in [-0.4, -0.2) is 28.6 Å². The molecule has 156 valence electrons. The van der Waals surface area contributed by atoms with Crippen molar-refractivity contribution in [2.75, 3.05) is 6.61 Å². The number of aromatic nitrogens is 2. The van der Waals surface area contributed by atoms with Crippen LogP contribution in [0.1, 0.15) is 58.2 Å². The van der Waals surface area contributed by atoms with Gasteiger partial charge in [-0.25, -0.2) is 14.5 Å². The summed E-state index contributed by atoms with van der Waals surface area (Å²) in [6, 6.07) is 9.41. The van der Waals surface area contributed by atoms with Crippen molar-refractivity contribution in [1.82, 2.24) is 9.78 Å². The van der Waals surface area contributed by atoms with Crippen molar-refractivity contribution in [2.24, 2.45) is 4.99 Å². The van der Waals surface area contributed by atoms with Gasteiger partial charge in [-0.3, -0.25) is 9.89 Å². The molecule has 2 aromatic heterocycles. The molecule has 0 saturated heterocycles. The van der Waals surface area contributed by atoms with Gasteiger partial charge in [0.25, 0.3) is 5.56 Å². The summed E-state index contributed by atoms with van der Waals surface area (Å²) in [6.07, 6.45) is 6.77. The Morgan fingerprint density at radius 3 is 2.77 bits per heavy atom. The van der Waals surface area contributed by atoms with E-state index in [1.807, 2.05) is 37.3 Å². The Kier molecular flexibility index (Phi) is 5.99. The van der Waals surface area contributed by atoms with Crippen LogP contribution in [0, 0.1) is 6.92 Å². The van der Waals surface area contributed by atoms with Crippen molar-refractivity contribution in [2.45, 2.75) is 46.0 Å². The molecule has 30 heavy (non-hydrogen) atoms. The maximum atomic E-state index is 12.9. The number of hydrogen-bond acceptors (Lipinski definition) is 5. The lowest BCUT2D eigenvalue weighted by Gasteiger charge is -2.05. The van der Waals surface area contributed by atoms with Crippen molar-refractivity contribution in [1.29, 1.82) is 0 Å². The third-order valence-electron chi connectivity index (χ3n) is 5.32. The van der Waals surface area contributed by atoms with Gasteiger partial charge in [-0.15, -0.1) is 11.3 Å². The number of carbonyl (C=O) groups excluding carboxylic acids is 1. The Morgan fingerprint density at radius 2 is 2.00 bits per heavy atom. The average Bonchev–Trinajstić information content (AvgIpc) is 3.13. The Hall–Kier alpha value is -2.93. The topological polar surface area (TPSA) is 76.4 Å². The molecule has 0 saturated carbocycles. The smallest absolute Gasteiger partial charge is 0.341 e. The molecule has 1 N–H and O–H groups in total. The van der Waals surface area contributed by atoms with Gasteiger partial charge in [0.15, 0.2) is 0 Å². The summed E-state index contributed by atoms with van der Waals surface area (Å²) in [5.74, 6) is -0.323. The van der Waals surface area contributed by atoms with Crippen LogP contribution < -0.4 is 5.56 Å². The van der Waals surface area contributed by atoms with E-state index in [4.69, 9.17) is 4.74 Å². The van der Waals surface area contributed by atoms with Crippen molar-refractivity contribution in [3.05, 3.63) is 67.9 Å². The van der Waals surface area contributed by atoms with Gasteiger partial charge in [0.1, 0.15) is 5.00 Å². The van der Waals surface area contributed by atoms with Gasteiger partial charge in [-0.2, -0.15) is 0 Å². The number of ether oxygens (including phenoxy) is 1. The number of nitrogens with zero attached hydrogens (tertiary/aromatic N) is 2. The summed E-state index contributed by atoms with van der Waals surface area (Å²) < 4.78 is 6.82. The predicted octanol–water partition coefficient (Wildman–Crippen LogP) is 4.73. The molecule has 0 unspecified atom stereocenters. The van der Waals surface area contributed by atoms with Crippen LogP contribution in [0.25, 0.3) is 5.69 Å². The molecule has 0 bridgehead atoms. The number of thiophene rings is 1. The summed E-state index contributed by atoms with van der Waals surface area (Å²) in [7, 11) is 0. The molecule has 3 aromatic rings. The number of H-pyrrole nitrogens is 1. The van der Waals surface area contributed by atoms with Crippen LogP contribution in [0.3, 0.4) is 0 Å². The second-order valence-corrected chi connectivity index (χ2v) is 8.43. The number of aromatic amines is 1. The van der Waals surface area contributed by atoms with Crippen LogP contribution in [0.2, 0.25) is 0 Å². The quantitative estimate of drug-likeness (QED) is 0.366. The van der Waals surface area contributed by atoms with E-state index in [9.17, 15) is 9.59 Å². The van der Waals surface area contributed by atoms with E-state index >= 15 is 0 Å². The second kappa shape index (κ2) is 8.83. The minimum absolute atomic E-state index is 0.168. The largest absolute Gasteiger partial charge is 0.462 e. The van der Waals surface area contributed by atoms with Crippen LogP contribution in [-0.2, 0) is 17.6 Å². The Morgan fingerprint density at radius 1 is 1.23 bits per heavy atom. The fourth-order valence-electron chi connectivity index (χ4n) is 3.83. The minimum Gasteiger partial charge on any atom is -0.462 e. The van der Waals surface area contributed by atoms with E-state index in [0.717, 1.165) is 42.6 Å². The van der Waals surface area contributed by atoms with Crippen molar-refractivity contribution in [3.63, 3.8) is 0 Å². The number of benzene rings is 1. The lowest BCUT2D eigenvalue weighted by molar-refractivity contribution is 0.0526. The van der Waals surface area contributed by atoms with E-state index < -0.39 is 0 Å². The van der Waals surface area contributed by atoms with Crippen LogP contribution in [0.15, 0.2) is 40.1 Å². The highest BCUT2D eigenvalue weighted by atomic mass is 32.1. The molecule has 4 rings (SSSR count). The number of carbonyl (C=O) groups is 1. The summed E-state index contributed by atoms with van der Waals surface area (Å²) in [5, 5.41) is 3.74. The first-order valence-corrected chi connectivity index (χ1v) is 11.1. The molecule has 0 aliphatic heterocycles. The number of hydrogen-bond donors (Lipinski definition) is 1. The van der Waals surface area contributed by atoms with Crippen molar-refractivity contribution < 1.29 is 9.53 Å². The van der Waals surface area contributed by atoms with E-state index in [0.29, 0.717) is 22.7 Å². The minimum atomic E-state index is -0.323. The number of fused-ring (bicyclic) bond motifs is 1. The molecule has 1 aliphatic carbocycles. The highest BCUT2D eigenvalue weighted by molar-refractivity contribution is 7.16. The molecule has 1 aromatic carbocycles. The fourth-order valence-corrected chi connectivity index (χ4v) is 5.05. The maximum Gasteiger partial charge on any atom is 0.341 e. The number of nitrogens with one attached hydrogen (secondary N) is 1. The van der Waals surface area contributed by atoms with Crippen LogP contribution in [0.5, 0.6) is 0 Å². The number of rotatable bonds is 5. The lowest BCUT2D eigenvalue weighted by atomic mass is 10.1. The Labute approximate surface area is 179 Å². The number of esters is 1. The number of aryl methyl sites for hydroxylation is 2. The van der Waals surface area contributed by atoms with Gasteiger partial charge in [-0.1, -0.05) is 24.6 Å². The Balaban J connectivity index is 1.74. The van der Waals surface area contributed by atoms with Gasteiger partial charge in [0.2, 0.25) is 0 Å². The van der Waals surface area contributed by atoms with Gasteiger partial charge in [0, 0.05) is 16.8 Å². The molecule has 6 nitrogen and oxygen atoms in total. The fraction of sp³-hybridized carbons (Fsp3) is 0.348. The summed E-state index contributed by atoms with van der Waals surface area (Å²) in [4.78, 5) is 31.4. The first kappa shape index (κ1) is 20.3. The molecule has 2 heterocycles. The standard InChI is InChI=1S/C23H25N3O3S/c1-3-29-23(28)20-17-12-8-5-9-13-19(17)30-21(20)24-14-18-15(2)25-26(22(18)27)16-10-6-4-7-11-16/h4,6-7,10-11,14,25H,3,5,8-9,12-13H2,1-2H3/b24-14+. The van der Waals surface area contributed by atoms with Crippen LogP contribution >= 0.6 is 11.3 Å². The zero-order valence-corrected chi connectivity index (χ0v) is 18.1. The molecule has 1 aliphatic rings. The monoisotopic (exact) mass is 423 g/mol. The zero-order chi connectivity index (χ0) is 21.1. The maximum absolute atomic E-state index is 12.9. The second-order valence-electron chi connectivity index (χ2n) is 7.35. The molecule has 0 atom stereocenters. The van der Waals surface area contributed by atoms with Gasteiger partial charge >= 0.3 is 5.97 Å². The van der Waals surface area contributed by atoms with Crippen molar-refractivity contribution in [3.8, 4) is 5.69 Å². The predicted molar refractivity (Wildman–Crippen MR) is 120 cm³/mol. The van der Waals surface area contributed by atoms with E-state index in [1.54, 1.807) is 24.5 Å². The summed E-state index contributed by atoms with van der Waals surface area (Å²) >= 11 is 1.55. The number of aliphatic imine (C=N–C) groups is 1. The summed E-state index contributed by atoms with van der Waals surface area (Å²) in [5.41, 5.74) is 3.46. The average molecular weight is 424 g/mol. The highest BCUT2D eigenvalue weighted by Gasteiger charge is 2.25. The van der Waals surface area contributed by atoms with E-state index in [2.05, 4.69) is 10.1 Å². The van der Waals surface area contributed by atoms with E-state index in [1.165, 1.54) is 16.0 Å². The van der Waals surface area contributed by atoms with Crippen LogP contribution in [0.4, 0.5) is 5.00 Å². The first-order chi connectivity index (χ1) is 14.6. The van der Waals surface area contributed by atoms with Gasteiger partial charge in [0.05, 0.1) is 23.4 Å². The molecule has 0 fully saturated rings. The first-order valence-electron chi connectivity index (χ1n) is 10.3. The third-order valence-corrected chi connectivity index (χ3v) is 6.52. The normalized spacial score (nSPS) is 13.9.